The van der Waals surface area contributed by atoms with Crippen molar-refractivity contribution in [2.24, 2.45) is 0 Å². The molecule has 0 aliphatic carbocycles. The predicted molar refractivity (Wildman–Crippen MR) is 59.7 cm³/mol. The molecular weight excluding hydrogens is 188 g/mol. The summed E-state index contributed by atoms with van der Waals surface area (Å²) in [6.07, 6.45) is 1.46. The van der Waals surface area contributed by atoms with Gasteiger partial charge in [-0.15, -0.1) is 0 Å². The molecule has 0 radical (unpaired) electrons. The van der Waals surface area contributed by atoms with E-state index in [1.807, 2.05) is 38.1 Å². The van der Waals surface area contributed by atoms with Gasteiger partial charge in [0.1, 0.15) is 6.10 Å². The van der Waals surface area contributed by atoms with E-state index >= 15 is 0 Å². The quantitative estimate of drug-likeness (QED) is 0.806. The summed E-state index contributed by atoms with van der Waals surface area (Å²) >= 11 is 0. The third-order valence-corrected chi connectivity index (χ3v) is 3.22. The van der Waals surface area contributed by atoms with Gasteiger partial charge in [0.05, 0.1) is 5.60 Å². The second kappa shape index (κ2) is 3.95. The van der Waals surface area contributed by atoms with E-state index in [9.17, 15) is 5.11 Å². The maximum atomic E-state index is 10.2. The first-order valence-corrected chi connectivity index (χ1v) is 5.50. The maximum Gasteiger partial charge on any atom is 0.108 e. The molecule has 1 aliphatic rings. The van der Waals surface area contributed by atoms with Crippen molar-refractivity contribution in [3.63, 3.8) is 0 Å². The van der Waals surface area contributed by atoms with E-state index in [2.05, 4.69) is 0 Å². The van der Waals surface area contributed by atoms with Crippen LogP contribution in [0.4, 0.5) is 0 Å². The molecule has 1 aromatic rings. The van der Waals surface area contributed by atoms with Gasteiger partial charge in [-0.05, 0) is 32.3 Å². The number of benzene rings is 1. The van der Waals surface area contributed by atoms with Crippen LogP contribution < -0.4 is 0 Å². The molecule has 1 aliphatic heterocycles. The minimum absolute atomic E-state index is 0.394. The summed E-state index contributed by atoms with van der Waals surface area (Å²) < 4.78 is 5.64. The zero-order chi connectivity index (χ0) is 10.9. The molecule has 1 aromatic carbocycles. The van der Waals surface area contributed by atoms with E-state index in [4.69, 9.17) is 4.74 Å². The molecule has 1 fully saturated rings. The smallest absolute Gasteiger partial charge is 0.108 e. The van der Waals surface area contributed by atoms with E-state index < -0.39 is 11.7 Å². The van der Waals surface area contributed by atoms with Crippen molar-refractivity contribution >= 4 is 0 Å². The molecule has 2 atom stereocenters. The number of hydrogen-bond acceptors (Lipinski definition) is 2. The van der Waals surface area contributed by atoms with Crippen LogP contribution in [0.5, 0.6) is 0 Å². The van der Waals surface area contributed by atoms with Crippen LogP contribution in [0.2, 0.25) is 0 Å². The van der Waals surface area contributed by atoms with Gasteiger partial charge >= 0.3 is 0 Å². The first-order valence-electron chi connectivity index (χ1n) is 5.50. The average Bonchev–Trinajstić information content (AvgIpc) is 2.67. The largest absolute Gasteiger partial charge is 0.385 e. The van der Waals surface area contributed by atoms with Crippen molar-refractivity contribution in [2.75, 3.05) is 6.61 Å². The number of aliphatic hydroxyl groups is 1. The lowest BCUT2D eigenvalue weighted by molar-refractivity contribution is -0.0796. The lowest BCUT2D eigenvalue weighted by Crippen LogP contribution is -2.31. The van der Waals surface area contributed by atoms with Gasteiger partial charge in [-0.3, -0.25) is 0 Å². The minimum Gasteiger partial charge on any atom is -0.385 e. The summed E-state index contributed by atoms with van der Waals surface area (Å²) in [5, 5.41) is 10.2. The molecule has 0 bridgehead atoms. The van der Waals surface area contributed by atoms with Crippen LogP contribution in [0, 0.1) is 6.92 Å². The molecule has 1 heterocycles. The second-order valence-corrected chi connectivity index (χ2v) is 4.58. The molecule has 0 saturated carbocycles. The Labute approximate surface area is 90.9 Å². The van der Waals surface area contributed by atoms with E-state index in [0.717, 1.165) is 25.0 Å². The Morgan fingerprint density at radius 3 is 2.53 bits per heavy atom. The van der Waals surface area contributed by atoms with Crippen molar-refractivity contribution in [1.29, 1.82) is 0 Å². The zero-order valence-corrected chi connectivity index (χ0v) is 9.36. The number of aliphatic hydroxyl groups excluding tert-OH is 1. The summed E-state index contributed by atoms with van der Waals surface area (Å²) in [4.78, 5) is 0. The Morgan fingerprint density at radius 2 is 2.00 bits per heavy atom. The van der Waals surface area contributed by atoms with E-state index in [1.54, 1.807) is 0 Å². The van der Waals surface area contributed by atoms with E-state index in [1.165, 1.54) is 5.56 Å². The summed E-state index contributed by atoms with van der Waals surface area (Å²) in [6, 6.07) is 8.01. The lowest BCUT2D eigenvalue weighted by Gasteiger charge is -2.29. The molecule has 0 spiro atoms. The van der Waals surface area contributed by atoms with Gasteiger partial charge in [-0.2, -0.15) is 0 Å². The Kier molecular flexibility index (Phi) is 2.81. The molecule has 2 unspecified atom stereocenters. The van der Waals surface area contributed by atoms with Crippen LogP contribution in [0.1, 0.15) is 37.0 Å². The number of rotatable bonds is 2. The standard InChI is InChI=1S/C13H18O2/c1-10-4-6-11(7-5-10)12(14)13(2)8-3-9-15-13/h4-7,12,14H,3,8-9H2,1-2H3. The predicted octanol–water partition coefficient (Wildman–Crippen LogP) is 2.60. The molecule has 1 N–H and O–H groups in total. The molecule has 1 saturated heterocycles. The topological polar surface area (TPSA) is 29.5 Å². The van der Waals surface area contributed by atoms with Crippen molar-refractivity contribution in [3.8, 4) is 0 Å². The lowest BCUT2D eigenvalue weighted by atomic mass is 9.90. The first-order chi connectivity index (χ1) is 7.12. The van der Waals surface area contributed by atoms with E-state index in [-0.39, 0.29) is 0 Å². The van der Waals surface area contributed by atoms with Crippen LogP contribution in [-0.2, 0) is 4.74 Å². The summed E-state index contributed by atoms with van der Waals surface area (Å²) in [5.41, 5.74) is 1.77. The second-order valence-electron chi connectivity index (χ2n) is 4.58. The molecule has 0 amide bonds. The van der Waals surface area contributed by atoms with Crippen LogP contribution in [0.15, 0.2) is 24.3 Å². The normalized spacial score (nSPS) is 27.9. The third kappa shape index (κ3) is 2.06. The summed E-state index contributed by atoms with van der Waals surface area (Å²) in [6.45, 7) is 4.80. The highest BCUT2D eigenvalue weighted by atomic mass is 16.5. The highest BCUT2D eigenvalue weighted by molar-refractivity contribution is 5.25. The third-order valence-electron chi connectivity index (χ3n) is 3.22. The fourth-order valence-electron chi connectivity index (χ4n) is 2.12. The minimum atomic E-state index is -0.513. The number of hydrogen-bond donors (Lipinski definition) is 1. The van der Waals surface area contributed by atoms with E-state index in [0.29, 0.717) is 0 Å². The maximum absolute atomic E-state index is 10.2. The Morgan fingerprint density at radius 1 is 1.33 bits per heavy atom. The van der Waals surface area contributed by atoms with Crippen LogP contribution >= 0.6 is 0 Å². The van der Waals surface area contributed by atoms with Gasteiger partial charge in [-0.1, -0.05) is 29.8 Å². The monoisotopic (exact) mass is 206 g/mol. The van der Waals surface area contributed by atoms with Crippen molar-refractivity contribution in [3.05, 3.63) is 35.4 Å². The van der Waals surface area contributed by atoms with Crippen molar-refractivity contribution in [1.82, 2.24) is 0 Å². The van der Waals surface area contributed by atoms with Gasteiger partial charge in [0.2, 0.25) is 0 Å². The van der Waals surface area contributed by atoms with Gasteiger partial charge in [0.15, 0.2) is 0 Å². The number of ether oxygens (including phenoxy) is 1. The molecule has 0 aromatic heterocycles. The fraction of sp³-hybridized carbons (Fsp3) is 0.538. The summed E-state index contributed by atoms with van der Waals surface area (Å²) in [5.74, 6) is 0. The zero-order valence-electron chi connectivity index (χ0n) is 9.36. The number of aryl methyl sites for hydroxylation is 1. The molecule has 82 valence electrons. The van der Waals surface area contributed by atoms with Gasteiger partial charge in [0.25, 0.3) is 0 Å². The van der Waals surface area contributed by atoms with Crippen LogP contribution in [-0.4, -0.2) is 17.3 Å². The van der Waals surface area contributed by atoms with Gasteiger partial charge < -0.3 is 9.84 Å². The Balaban J connectivity index is 2.19. The highest BCUT2D eigenvalue weighted by Crippen LogP contribution is 2.37. The first kappa shape index (κ1) is 10.7. The molecule has 2 rings (SSSR count). The Bertz CT molecular complexity index is 323. The Hall–Kier alpha value is -0.860. The molecule has 2 heteroatoms. The molecule has 2 nitrogen and oxygen atoms in total. The van der Waals surface area contributed by atoms with Crippen molar-refractivity contribution in [2.45, 2.75) is 38.4 Å². The van der Waals surface area contributed by atoms with Crippen LogP contribution in [0.25, 0.3) is 0 Å². The molecular formula is C13H18O2. The summed E-state index contributed by atoms with van der Waals surface area (Å²) in [7, 11) is 0. The fourth-order valence-corrected chi connectivity index (χ4v) is 2.12. The van der Waals surface area contributed by atoms with Gasteiger partial charge in [-0.25, -0.2) is 0 Å². The highest BCUT2D eigenvalue weighted by Gasteiger charge is 2.38. The molecule has 15 heavy (non-hydrogen) atoms. The SMILES string of the molecule is Cc1ccc(C(O)C2(C)CCCO2)cc1. The van der Waals surface area contributed by atoms with Crippen molar-refractivity contribution < 1.29 is 9.84 Å². The average molecular weight is 206 g/mol. The van der Waals surface area contributed by atoms with Gasteiger partial charge in [0, 0.05) is 6.61 Å². The van der Waals surface area contributed by atoms with Crippen LogP contribution in [0.3, 0.4) is 0 Å².